The smallest absolute Gasteiger partial charge is 0.137 e. The summed E-state index contributed by atoms with van der Waals surface area (Å²) in [5, 5.41) is 0. The molecule has 2 N–H and O–H groups in total. The molecule has 0 amide bonds. The molecule has 1 unspecified atom stereocenters. The van der Waals surface area contributed by atoms with E-state index < -0.39 is 5.72 Å². The van der Waals surface area contributed by atoms with Gasteiger partial charge in [0.15, 0.2) is 0 Å². The molecule has 0 rings (SSSR count). The van der Waals surface area contributed by atoms with E-state index in [1.165, 1.54) is 0 Å². The molecule has 0 spiro atoms. The van der Waals surface area contributed by atoms with Gasteiger partial charge in [-0.3, -0.25) is 0 Å². The standard InChI is InChI=1S/C5H13NO2/c1-5(6,8-3)4-7-2/h4,6H2,1-3H3. The van der Waals surface area contributed by atoms with Crippen LogP contribution in [0.1, 0.15) is 6.92 Å². The predicted octanol–water partition coefficient (Wildman–Crippen LogP) is -0.0459. The highest BCUT2D eigenvalue weighted by Gasteiger charge is 2.14. The van der Waals surface area contributed by atoms with E-state index >= 15 is 0 Å². The van der Waals surface area contributed by atoms with Gasteiger partial charge in [0, 0.05) is 14.2 Å². The quantitative estimate of drug-likeness (QED) is 0.530. The fourth-order valence-corrected chi connectivity index (χ4v) is 0.346. The third-order valence-electron chi connectivity index (χ3n) is 0.897. The third-order valence-corrected chi connectivity index (χ3v) is 0.897. The molecule has 50 valence electrons. The van der Waals surface area contributed by atoms with Crippen molar-refractivity contribution in [2.24, 2.45) is 5.73 Å². The molecule has 0 radical (unpaired) electrons. The molecule has 0 bridgehead atoms. The first-order valence-electron chi connectivity index (χ1n) is 2.45. The van der Waals surface area contributed by atoms with Crippen molar-refractivity contribution in [3.05, 3.63) is 0 Å². The molecule has 0 fully saturated rings. The van der Waals surface area contributed by atoms with Crippen LogP contribution in [0.2, 0.25) is 0 Å². The average Bonchev–Trinajstić information content (AvgIpc) is 1.67. The first-order valence-corrected chi connectivity index (χ1v) is 2.45. The Balaban J connectivity index is 3.37. The summed E-state index contributed by atoms with van der Waals surface area (Å²) in [6, 6.07) is 0. The zero-order chi connectivity index (χ0) is 6.62. The summed E-state index contributed by atoms with van der Waals surface area (Å²) in [6.45, 7) is 2.18. The molecule has 0 aromatic heterocycles. The van der Waals surface area contributed by atoms with E-state index in [2.05, 4.69) is 0 Å². The first kappa shape index (κ1) is 7.88. The van der Waals surface area contributed by atoms with Crippen LogP contribution in [-0.2, 0) is 9.47 Å². The van der Waals surface area contributed by atoms with Gasteiger partial charge in [-0.25, -0.2) is 0 Å². The van der Waals surface area contributed by atoms with Crippen molar-refractivity contribution in [1.29, 1.82) is 0 Å². The number of hydrogen-bond donors (Lipinski definition) is 1. The summed E-state index contributed by atoms with van der Waals surface area (Å²) in [4.78, 5) is 0. The normalized spacial score (nSPS) is 18.0. The summed E-state index contributed by atoms with van der Waals surface area (Å²) in [5.41, 5.74) is 4.85. The van der Waals surface area contributed by atoms with Gasteiger partial charge in [-0.2, -0.15) is 0 Å². The molecule has 1 atom stereocenters. The zero-order valence-electron chi connectivity index (χ0n) is 5.60. The number of ether oxygens (including phenoxy) is 2. The van der Waals surface area contributed by atoms with Crippen LogP contribution < -0.4 is 5.73 Å². The largest absolute Gasteiger partial charge is 0.380 e. The second-order valence-corrected chi connectivity index (χ2v) is 1.95. The van der Waals surface area contributed by atoms with E-state index in [0.29, 0.717) is 6.61 Å². The summed E-state index contributed by atoms with van der Waals surface area (Å²) in [6.07, 6.45) is 0. The lowest BCUT2D eigenvalue weighted by atomic mass is 10.3. The van der Waals surface area contributed by atoms with Crippen LogP contribution in [0.4, 0.5) is 0 Å². The maximum Gasteiger partial charge on any atom is 0.137 e. The van der Waals surface area contributed by atoms with Crippen LogP contribution in [-0.4, -0.2) is 26.6 Å². The van der Waals surface area contributed by atoms with Gasteiger partial charge in [0.05, 0.1) is 6.61 Å². The maximum absolute atomic E-state index is 5.48. The number of methoxy groups -OCH3 is 2. The fraction of sp³-hybridized carbons (Fsp3) is 1.00. The molecule has 0 heterocycles. The van der Waals surface area contributed by atoms with Crippen molar-refractivity contribution in [3.8, 4) is 0 Å². The van der Waals surface area contributed by atoms with Gasteiger partial charge in [-0.05, 0) is 6.92 Å². The second-order valence-electron chi connectivity index (χ2n) is 1.95. The van der Waals surface area contributed by atoms with Gasteiger partial charge in [-0.1, -0.05) is 0 Å². The molecule has 8 heavy (non-hydrogen) atoms. The summed E-state index contributed by atoms with van der Waals surface area (Å²) in [5.74, 6) is 0. The second kappa shape index (κ2) is 3.02. The van der Waals surface area contributed by atoms with Gasteiger partial charge < -0.3 is 15.2 Å². The predicted molar refractivity (Wildman–Crippen MR) is 31.5 cm³/mol. The topological polar surface area (TPSA) is 44.5 Å². The highest BCUT2D eigenvalue weighted by atomic mass is 16.5. The summed E-state index contributed by atoms with van der Waals surface area (Å²) >= 11 is 0. The lowest BCUT2D eigenvalue weighted by molar-refractivity contribution is -0.0461. The lowest BCUT2D eigenvalue weighted by Crippen LogP contribution is -2.42. The van der Waals surface area contributed by atoms with Crippen molar-refractivity contribution >= 4 is 0 Å². The summed E-state index contributed by atoms with van der Waals surface area (Å²) in [7, 11) is 3.14. The fourth-order valence-electron chi connectivity index (χ4n) is 0.346. The molecule has 0 saturated carbocycles. The lowest BCUT2D eigenvalue weighted by Gasteiger charge is -2.20. The van der Waals surface area contributed by atoms with Gasteiger partial charge in [-0.15, -0.1) is 0 Å². The SMILES string of the molecule is COCC(C)(N)OC. The van der Waals surface area contributed by atoms with Crippen molar-refractivity contribution in [1.82, 2.24) is 0 Å². The van der Waals surface area contributed by atoms with E-state index in [1.54, 1.807) is 21.1 Å². The van der Waals surface area contributed by atoms with E-state index in [4.69, 9.17) is 15.2 Å². The van der Waals surface area contributed by atoms with Crippen LogP contribution in [0.3, 0.4) is 0 Å². The van der Waals surface area contributed by atoms with Crippen LogP contribution in [0, 0.1) is 0 Å². The van der Waals surface area contributed by atoms with Crippen LogP contribution in [0.15, 0.2) is 0 Å². The Morgan fingerprint density at radius 3 is 2.12 bits per heavy atom. The minimum atomic E-state index is -0.630. The van der Waals surface area contributed by atoms with Crippen molar-refractivity contribution in [2.75, 3.05) is 20.8 Å². The number of nitrogens with two attached hydrogens (primary N) is 1. The van der Waals surface area contributed by atoms with Crippen molar-refractivity contribution < 1.29 is 9.47 Å². The van der Waals surface area contributed by atoms with Crippen LogP contribution in [0.25, 0.3) is 0 Å². The molecular weight excluding hydrogens is 106 g/mol. The Kier molecular flexibility index (Phi) is 2.97. The number of rotatable bonds is 3. The molecular formula is C5H13NO2. The van der Waals surface area contributed by atoms with Gasteiger partial charge in [0.2, 0.25) is 0 Å². The Morgan fingerprint density at radius 1 is 1.50 bits per heavy atom. The Hall–Kier alpha value is -0.120. The molecule has 0 saturated heterocycles. The first-order chi connectivity index (χ1) is 3.62. The molecule has 3 heteroatoms. The highest BCUT2D eigenvalue weighted by Crippen LogP contribution is 1.97. The third kappa shape index (κ3) is 2.96. The van der Waals surface area contributed by atoms with Gasteiger partial charge in [0.1, 0.15) is 5.72 Å². The van der Waals surface area contributed by atoms with Crippen LogP contribution in [0.5, 0.6) is 0 Å². The molecule has 3 nitrogen and oxygen atoms in total. The molecule has 0 aromatic carbocycles. The highest BCUT2D eigenvalue weighted by molar-refractivity contribution is 4.62. The number of hydrogen-bond acceptors (Lipinski definition) is 3. The van der Waals surface area contributed by atoms with Crippen molar-refractivity contribution in [2.45, 2.75) is 12.6 Å². The van der Waals surface area contributed by atoms with Gasteiger partial charge in [0.25, 0.3) is 0 Å². The minimum Gasteiger partial charge on any atom is -0.380 e. The van der Waals surface area contributed by atoms with Gasteiger partial charge >= 0.3 is 0 Å². The monoisotopic (exact) mass is 119 g/mol. The van der Waals surface area contributed by atoms with Crippen LogP contribution >= 0.6 is 0 Å². The average molecular weight is 119 g/mol. The minimum absolute atomic E-state index is 0.420. The molecule has 0 aromatic rings. The Labute approximate surface area is 49.8 Å². The Bertz CT molecular complexity index is 63.4. The van der Waals surface area contributed by atoms with E-state index in [1.807, 2.05) is 0 Å². The summed E-state index contributed by atoms with van der Waals surface area (Å²) < 4.78 is 9.58. The van der Waals surface area contributed by atoms with E-state index in [-0.39, 0.29) is 0 Å². The van der Waals surface area contributed by atoms with E-state index in [9.17, 15) is 0 Å². The Morgan fingerprint density at radius 2 is 2.00 bits per heavy atom. The molecule has 0 aliphatic carbocycles. The zero-order valence-corrected chi connectivity index (χ0v) is 5.60. The van der Waals surface area contributed by atoms with Crippen molar-refractivity contribution in [3.63, 3.8) is 0 Å². The molecule has 0 aliphatic heterocycles. The van der Waals surface area contributed by atoms with E-state index in [0.717, 1.165) is 0 Å². The molecule has 0 aliphatic rings. The maximum atomic E-state index is 5.48.